The molecule has 4 nitrogen and oxygen atoms in total. The largest absolute Gasteiger partial charge is 0.393 e. The molecule has 1 heterocycles. The number of amides is 1. The minimum Gasteiger partial charge on any atom is -0.393 e. The highest BCUT2D eigenvalue weighted by atomic mass is 16.3. The number of nitrogens with zero attached hydrogens (tertiary/aromatic N) is 1. The van der Waals surface area contributed by atoms with E-state index in [4.69, 9.17) is 5.73 Å². The molecule has 0 aromatic heterocycles. The Kier molecular flexibility index (Phi) is 4.74. The zero-order chi connectivity index (χ0) is 12.3. The molecule has 1 rings (SSSR count). The molecule has 0 saturated carbocycles. The molecule has 1 saturated heterocycles. The summed E-state index contributed by atoms with van der Waals surface area (Å²) < 4.78 is 0. The third-order valence-electron chi connectivity index (χ3n) is 3.26. The molecule has 1 fully saturated rings. The van der Waals surface area contributed by atoms with E-state index in [9.17, 15) is 9.90 Å². The van der Waals surface area contributed by atoms with Crippen molar-refractivity contribution in [1.29, 1.82) is 0 Å². The summed E-state index contributed by atoms with van der Waals surface area (Å²) >= 11 is 0. The van der Waals surface area contributed by atoms with Gasteiger partial charge in [-0.1, -0.05) is 13.8 Å². The molecule has 94 valence electrons. The number of hydrogen-bond acceptors (Lipinski definition) is 3. The van der Waals surface area contributed by atoms with Crippen molar-refractivity contribution in [3.63, 3.8) is 0 Å². The number of rotatable bonds is 4. The van der Waals surface area contributed by atoms with E-state index < -0.39 is 0 Å². The van der Waals surface area contributed by atoms with Crippen LogP contribution in [0.3, 0.4) is 0 Å². The first kappa shape index (κ1) is 13.5. The number of carbonyl (C=O) groups is 1. The molecule has 0 radical (unpaired) electrons. The Bertz CT molecular complexity index is 241. The minimum atomic E-state index is -0.382. The average Bonchev–Trinajstić information content (AvgIpc) is 2.64. The van der Waals surface area contributed by atoms with E-state index in [1.165, 1.54) is 0 Å². The summed E-state index contributed by atoms with van der Waals surface area (Å²) in [6.07, 6.45) is 1.28. The van der Waals surface area contributed by atoms with Crippen molar-refractivity contribution < 1.29 is 9.90 Å². The number of carbonyl (C=O) groups excluding carboxylic acids is 1. The highest BCUT2D eigenvalue weighted by molar-refractivity contribution is 5.81. The van der Waals surface area contributed by atoms with Gasteiger partial charge in [0.2, 0.25) is 5.91 Å². The van der Waals surface area contributed by atoms with Gasteiger partial charge >= 0.3 is 0 Å². The lowest BCUT2D eigenvalue weighted by Gasteiger charge is -2.22. The second-order valence-corrected chi connectivity index (χ2v) is 5.31. The molecule has 1 aliphatic heterocycles. The molecule has 0 aromatic rings. The number of aliphatic hydroxyl groups is 1. The smallest absolute Gasteiger partial charge is 0.239 e. The molecule has 1 amide bonds. The predicted molar refractivity (Wildman–Crippen MR) is 63.8 cm³/mol. The fraction of sp³-hybridized carbons (Fsp3) is 0.917. The van der Waals surface area contributed by atoms with Crippen LogP contribution in [-0.2, 0) is 4.79 Å². The second kappa shape index (κ2) is 5.64. The first-order valence-corrected chi connectivity index (χ1v) is 6.14. The Hall–Kier alpha value is -0.610. The standard InChI is InChI=1S/C12H24N2O2/c1-8(2)6-11(13)12(16)14-5-4-10(7-14)9(3)15/h8-11,15H,4-7,13H2,1-3H3/t9?,10?,11-/m1/s1. The van der Waals surface area contributed by atoms with Crippen molar-refractivity contribution in [3.8, 4) is 0 Å². The first-order valence-electron chi connectivity index (χ1n) is 6.14. The molecule has 3 N–H and O–H groups in total. The molecule has 0 aromatic carbocycles. The molecule has 4 heteroatoms. The summed E-state index contributed by atoms with van der Waals surface area (Å²) in [4.78, 5) is 13.8. The first-order chi connectivity index (χ1) is 7.41. The van der Waals surface area contributed by atoms with Crippen molar-refractivity contribution in [2.75, 3.05) is 13.1 Å². The van der Waals surface area contributed by atoms with Gasteiger partial charge in [-0.15, -0.1) is 0 Å². The highest BCUT2D eigenvalue weighted by Crippen LogP contribution is 2.20. The lowest BCUT2D eigenvalue weighted by Crippen LogP contribution is -2.43. The van der Waals surface area contributed by atoms with Crippen LogP contribution in [0.2, 0.25) is 0 Å². The van der Waals surface area contributed by atoms with Gasteiger partial charge < -0.3 is 15.7 Å². The van der Waals surface area contributed by atoms with E-state index in [-0.39, 0.29) is 24.0 Å². The topological polar surface area (TPSA) is 66.6 Å². The quantitative estimate of drug-likeness (QED) is 0.740. The third-order valence-corrected chi connectivity index (χ3v) is 3.26. The Morgan fingerprint density at radius 3 is 2.56 bits per heavy atom. The maximum absolute atomic E-state index is 12.0. The fourth-order valence-electron chi connectivity index (χ4n) is 2.22. The lowest BCUT2D eigenvalue weighted by molar-refractivity contribution is -0.132. The number of nitrogens with two attached hydrogens (primary N) is 1. The van der Waals surface area contributed by atoms with E-state index >= 15 is 0 Å². The van der Waals surface area contributed by atoms with Crippen LogP contribution >= 0.6 is 0 Å². The zero-order valence-corrected chi connectivity index (χ0v) is 10.5. The number of aliphatic hydroxyl groups excluding tert-OH is 1. The Morgan fingerprint density at radius 1 is 1.50 bits per heavy atom. The van der Waals surface area contributed by atoms with Gasteiger partial charge in [0.05, 0.1) is 12.1 Å². The van der Waals surface area contributed by atoms with E-state index in [0.29, 0.717) is 12.5 Å². The van der Waals surface area contributed by atoms with Crippen molar-refractivity contribution in [2.45, 2.75) is 45.8 Å². The summed E-state index contributed by atoms with van der Waals surface area (Å²) in [7, 11) is 0. The summed E-state index contributed by atoms with van der Waals surface area (Å²) in [6.45, 7) is 7.31. The van der Waals surface area contributed by atoms with Gasteiger partial charge in [0, 0.05) is 19.0 Å². The van der Waals surface area contributed by atoms with E-state index in [1.54, 1.807) is 11.8 Å². The predicted octanol–water partition coefficient (Wildman–Crippen LogP) is 0.589. The number of hydrogen-bond donors (Lipinski definition) is 2. The molecule has 2 unspecified atom stereocenters. The Labute approximate surface area is 97.8 Å². The van der Waals surface area contributed by atoms with Gasteiger partial charge in [0.15, 0.2) is 0 Å². The molecule has 0 spiro atoms. The molecule has 0 bridgehead atoms. The van der Waals surface area contributed by atoms with E-state index in [1.807, 2.05) is 0 Å². The zero-order valence-electron chi connectivity index (χ0n) is 10.5. The maximum atomic E-state index is 12.0. The van der Waals surface area contributed by atoms with E-state index in [0.717, 1.165) is 19.4 Å². The van der Waals surface area contributed by atoms with Crippen molar-refractivity contribution in [1.82, 2.24) is 4.90 Å². The maximum Gasteiger partial charge on any atom is 0.239 e. The summed E-state index contributed by atoms with van der Waals surface area (Å²) in [6, 6.07) is -0.382. The van der Waals surface area contributed by atoms with Crippen LogP contribution in [-0.4, -0.2) is 41.1 Å². The van der Waals surface area contributed by atoms with Crippen LogP contribution < -0.4 is 5.73 Å². The normalized spacial score (nSPS) is 24.9. The van der Waals surface area contributed by atoms with Crippen LogP contribution in [0.4, 0.5) is 0 Å². The SMILES string of the molecule is CC(C)C[C@@H](N)C(=O)N1CCC(C(C)O)C1. The van der Waals surface area contributed by atoms with Gasteiger partial charge in [-0.3, -0.25) is 4.79 Å². The lowest BCUT2D eigenvalue weighted by atomic mass is 10.0. The van der Waals surface area contributed by atoms with Crippen molar-refractivity contribution in [2.24, 2.45) is 17.6 Å². The van der Waals surface area contributed by atoms with Crippen LogP contribution in [0.15, 0.2) is 0 Å². The van der Waals surface area contributed by atoms with Crippen LogP contribution in [0.5, 0.6) is 0 Å². The molecule has 1 aliphatic rings. The molecular formula is C12H24N2O2. The minimum absolute atomic E-state index is 0.0388. The summed E-state index contributed by atoms with van der Waals surface area (Å²) in [5.74, 6) is 0.696. The Morgan fingerprint density at radius 2 is 2.12 bits per heavy atom. The van der Waals surface area contributed by atoms with Gasteiger partial charge in [-0.05, 0) is 25.7 Å². The Balaban J connectivity index is 2.44. The summed E-state index contributed by atoms with van der Waals surface area (Å²) in [5, 5.41) is 9.47. The average molecular weight is 228 g/mol. The molecular weight excluding hydrogens is 204 g/mol. The van der Waals surface area contributed by atoms with Gasteiger partial charge in [0.25, 0.3) is 0 Å². The van der Waals surface area contributed by atoms with Crippen LogP contribution in [0.25, 0.3) is 0 Å². The number of likely N-dealkylation sites (tertiary alicyclic amines) is 1. The van der Waals surface area contributed by atoms with Crippen molar-refractivity contribution in [3.05, 3.63) is 0 Å². The van der Waals surface area contributed by atoms with Crippen molar-refractivity contribution >= 4 is 5.91 Å². The second-order valence-electron chi connectivity index (χ2n) is 5.31. The summed E-state index contributed by atoms with van der Waals surface area (Å²) in [5.41, 5.74) is 5.87. The van der Waals surface area contributed by atoms with Gasteiger partial charge in [0.1, 0.15) is 0 Å². The molecule has 16 heavy (non-hydrogen) atoms. The van der Waals surface area contributed by atoms with E-state index in [2.05, 4.69) is 13.8 Å². The monoisotopic (exact) mass is 228 g/mol. The van der Waals surface area contributed by atoms with Gasteiger partial charge in [-0.25, -0.2) is 0 Å². The fourth-order valence-corrected chi connectivity index (χ4v) is 2.22. The van der Waals surface area contributed by atoms with Gasteiger partial charge in [-0.2, -0.15) is 0 Å². The van der Waals surface area contributed by atoms with Crippen LogP contribution in [0.1, 0.15) is 33.6 Å². The van der Waals surface area contributed by atoms with Crippen LogP contribution in [0, 0.1) is 11.8 Å². The molecule has 0 aliphatic carbocycles. The highest BCUT2D eigenvalue weighted by Gasteiger charge is 2.31. The third kappa shape index (κ3) is 3.46. The molecule has 3 atom stereocenters.